The molecule has 17 nitrogen and oxygen atoms in total. The van der Waals surface area contributed by atoms with Gasteiger partial charge in [-0.1, -0.05) is 46.3 Å². The van der Waals surface area contributed by atoms with Gasteiger partial charge in [0.2, 0.25) is 0 Å². The molecule has 376 valence electrons. The molecule has 3 saturated heterocycles. The molecule has 0 spiro atoms. The molecular weight excluding hydrogens is 849 g/mol. The van der Waals surface area contributed by atoms with Crippen LogP contribution in [-0.2, 0) is 28.4 Å². The Hall–Kier alpha value is -0.940. The van der Waals surface area contributed by atoms with Gasteiger partial charge in [0.15, 0.2) is 18.9 Å². The Morgan fingerprint density at radius 3 is 1.89 bits per heavy atom. The van der Waals surface area contributed by atoms with E-state index in [-0.39, 0.29) is 34.5 Å². The zero-order valence-corrected chi connectivity index (χ0v) is 39.8. The monoisotopic (exact) mass is 931 g/mol. The fraction of sp³-hybridized carbons (Fsp3) is 0.958. The van der Waals surface area contributed by atoms with E-state index in [0.717, 1.165) is 37.7 Å². The third-order valence-corrected chi connectivity index (χ3v) is 18.9. The van der Waals surface area contributed by atoms with Gasteiger partial charge in [-0.3, -0.25) is 0 Å². The van der Waals surface area contributed by atoms with Crippen LogP contribution in [0, 0.1) is 45.3 Å². The molecule has 0 radical (unpaired) electrons. The van der Waals surface area contributed by atoms with E-state index >= 15 is 0 Å². The summed E-state index contributed by atoms with van der Waals surface area (Å²) < 4.78 is 37.4. The lowest BCUT2D eigenvalue weighted by Gasteiger charge is -2.71. The predicted molar refractivity (Wildman–Crippen MR) is 232 cm³/mol. The van der Waals surface area contributed by atoms with Crippen molar-refractivity contribution in [3.05, 3.63) is 11.6 Å². The summed E-state index contributed by atoms with van der Waals surface area (Å²) in [6.45, 7) is 17.7. The van der Waals surface area contributed by atoms with Crippen LogP contribution < -0.4 is 0 Å². The molecule has 0 aromatic carbocycles. The maximum atomic E-state index is 12.8. The maximum absolute atomic E-state index is 12.8. The minimum absolute atomic E-state index is 0.000419. The molecule has 25 unspecified atom stereocenters. The second-order valence-electron chi connectivity index (χ2n) is 22.8. The minimum Gasteiger partial charge on any atom is -0.394 e. The molecule has 7 rings (SSSR count). The van der Waals surface area contributed by atoms with Crippen molar-refractivity contribution in [2.24, 2.45) is 45.3 Å². The van der Waals surface area contributed by atoms with E-state index in [1.54, 1.807) is 0 Å². The number of fused-ring (bicyclic) bond motifs is 5. The second-order valence-corrected chi connectivity index (χ2v) is 22.8. The van der Waals surface area contributed by atoms with E-state index in [1.807, 2.05) is 13.8 Å². The van der Waals surface area contributed by atoms with Crippen LogP contribution in [0.4, 0.5) is 0 Å². The van der Waals surface area contributed by atoms with Crippen molar-refractivity contribution < 1.29 is 84.6 Å². The quantitative estimate of drug-likeness (QED) is 0.0962. The number of rotatable bonds is 12. The molecule has 65 heavy (non-hydrogen) atoms. The van der Waals surface area contributed by atoms with Crippen LogP contribution in [0.2, 0.25) is 0 Å². The standard InChI is InChI=1S/C48H82O17/c1-22(2)11-10-16-47(8,65-42-39(59)36(56)33(53)26(20-49)61-42)25-14-18-46(7)24(25)12-13-28-45(6)17-15-31(44(4,5)29(45)19-30(51)48(28,46)9)63-43-40(37(57)34(54)27(21-50)62-43)64-41-38(58)35(55)32(52)23(3)60-41/h11,23-43,49-59H,10,12-21H2,1-9H3. The Morgan fingerprint density at radius 2 is 1.26 bits per heavy atom. The molecule has 3 aliphatic heterocycles. The van der Waals surface area contributed by atoms with E-state index in [0.29, 0.717) is 25.7 Å². The minimum atomic E-state index is -1.69. The van der Waals surface area contributed by atoms with Gasteiger partial charge in [-0.05, 0) is 125 Å². The lowest BCUT2D eigenvalue weighted by Crippen LogP contribution is -2.69. The molecular formula is C48H82O17. The largest absolute Gasteiger partial charge is 0.394 e. The van der Waals surface area contributed by atoms with Crippen molar-refractivity contribution in [3.63, 3.8) is 0 Å². The Bertz CT molecular complexity index is 1660. The molecule has 4 aliphatic carbocycles. The first-order valence-corrected chi connectivity index (χ1v) is 24.2. The maximum Gasteiger partial charge on any atom is 0.187 e. The molecule has 0 aromatic heterocycles. The molecule has 0 aromatic rings. The average Bonchev–Trinajstić information content (AvgIpc) is 3.62. The molecule has 17 heteroatoms. The highest BCUT2D eigenvalue weighted by molar-refractivity contribution is 5.21. The third-order valence-electron chi connectivity index (χ3n) is 18.9. The molecule has 0 bridgehead atoms. The number of allylic oxidation sites excluding steroid dienone is 2. The van der Waals surface area contributed by atoms with Crippen molar-refractivity contribution in [3.8, 4) is 0 Å². The summed E-state index contributed by atoms with van der Waals surface area (Å²) in [6.07, 6.45) is -13.8. The molecule has 7 aliphatic rings. The second kappa shape index (κ2) is 19.0. The van der Waals surface area contributed by atoms with Gasteiger partial charge in [0.05, 0.1) is 37.1 Å². The van der Waals surface area contributed by atoms with Crippen LogP contribution in [0.5, 0.6) is 0 Å². The zero-order valence-electron chi connectivity index (χ0n) is 39.8. The van der Waals surface area contributed by atoms with Gasteiger partial charge in [0.25, 0.3) is 0 Å². The van der Waals surface area contributed by atoms with Crippen LogP contribution in [-0.4, -0.2) is 179 Å². The summed E-state index contributed by atoms with van der Waals surface area (Å²) in [4.78, 5) is 0. The first kappa shape index (κ1) is 51.9. The zero-order chi connectivity index (χ0) is 47.9. The summed E-state index contributed by atoms with van der Waals surface area (Å²) in [6, 6.07) is 0. The normalized spacial score (nSPS) is 53.0. The van der Waals surface area contributed by atoms with E-state index in [9.17, 15) is 56.2 Å². The van der Waals surface area contributed by atoms with E-state index in [2.05, 4.69) is 47.6 Å². The lowest BCUT2D eigenvalue weighted by atomic mass is 9.34. The third kappa shape index (κ3) is 8.63. The van der Waals surface area contributed by atoms with E-state index in [1.165, 1.54) is 6.92 Å². The topological polar surface area (TPSA) is 278 Å². The molecule has 4 saturated carbocycles. The van der Waals surface area contributed by atoms with Crippen molar-refractivity contribution in [1.29, 1.82) is 0 Å². The summed E-state index contributed by atoms with van der Waals surface area (Å²) in [7, 11) is 0. The number of hydrogen-bond acceptors (Lipinski definition) is 17. The summed E-state index contributed by atoms with van der Waals surface area (Å²) in [5.74, 6) is 0.226. The summed E-state index contributed by atoms with van der Waals surface area (Å²) in [5.41, 5.74) is -1.30. The van der Waals surface area contributed by atoms with Gasteiger partial charge in [0, 0.05) is 5.41 Å². The Balaban J connectivity index is 1.13. The molecule has 7 fully saturated rings. The van der Waals surface area contributed by atoms with Gasteiger partial charge >= 0.3 is 0 Å². The van der Waals surface area contributed by atoms with Crippen LogP contribution >= 0.6 is 0 Å². The highest BCUT2D eigenvalue weighted by Gasteiger charge is 2.73. The first-order valence-electron chi connectivity index (χ1n) is 24.2. The highest BCUT2D eigenvalue weighted by atomic mass is 16.8. The highest BCUT2D eigenvalue weighted by Crippen LogP contribution is 2.76. The number of aliphatic hydroxyl groups is 11. The summed E-state index contributed by atoms with van der Waals surface area (Å²) in [5, 5.41) is 119. The molecule has 25 atom stereocenters. The molecule has 3 heterocycles. The van der Waals surface area contributed by atoms with Crippen molar-refractivity contribution in [2.45, 2.75) is 230 Å². The Kier molecular flexibility index (Phi) is 15.2. The number of hydrogen-bond donors (Lipinski definition) is 11. The molecule has 11 N–H and O–H groups in total. The van der Waals surface area contributed by atoms with Gasteiger partial charge < -0.3 is 84.6 Å². The number of ether oxygens (including phenoxy) is 6. The van der Waals surface area contributed by atoms with Crippen molar-refractivity contribution in [2.75, 3.05) is 13.2 Å². The van der Waals surface area contributed by atoms with Crippen LogP contribution in [0.25, 0.3) is 0 Å². The Labute approximate surface area is 384 Å². The van der Waals surface area contributed by atoms with Crippen LogP contribution in [0.3, 0.4) is 0 Å². The number of aliphatic hydroxyl groups excluding tert-OH is 11. The van der Waals surface area contributed by atoms with Gasteiger partial charge in [-0.15, -0.1) is 0 Å². The first-order chi connectivity index (χ1) is 30.3. The predicted octanol–water partition coefficient (Wildman–Crippen LogP) is 1.00. The van der Waals surface area contributed by atoms with Crippen LogP contribution in [0.15, 0.2) is 11.6 Å². The van der Waals surface area contributed by atoms with Crippen LogP contribution in [0.1, 0.15) is 120 Å². The smallest absolute Gasteiger partial charge is 0.187 e. The SMILES string of the molecule is CC(C)=CCCC(C)(OC1OC(CO)C(O)C(O)C1O)C1CCC2(C)C1CCC1C3(C)CCC(OC4OC(CO)C(O)C(O)C4OC4OC(C)C(O)C(O)C4O)C(C)(C)C3CC(O)C12C. The van der Waals surface area contributed by atoms with E-state index < -0.39 is 134 Å². The molecule has 0 amide bonds. The fourth-order valence-electron chi connectivity index (χ4n) is 14.8. The fourth-order valence-corrected chi connectivity index (χ4v) is 14.8. The average molecular weight is 931 g/mol. The van der Waals surface area contributed by atoms with E-state index in [4.69, 9.17) is 28.4 Å². The van der Waals surface area contributed by atoms with Crippen molar-refractivity contribution in [1.82, 2.24) is 0 Å². The lowest BCUT2D eigenvalue weighted by molar-refractivity contribution is -0.377. The van der Waals surface area contributed by atoms with Gasteiger partial charge in [0.1, 0.15) is 67.1 Å². The summed E-state index contributed by atoms with van der Waals surface area (Å²) >= 11 is 0. The van der Waals surface area contributed by atoms with Gasteiger partial charge in [-0.2, -0.15) is 0 Å². The van der Waals surface area contributed by atoms with Gasteiger partial charge in [-0.25, -0.2) is 0 Å². The Morgan fingerprint density at radius 1 is 0.662 bits per heavy atom. The van der Waals surface area contributed by atoms with Crippen molar-refractivity contribution >= 4 is 0 Å².